The second kappa shape index (κ2) is 9.66. The number of carbonyl (C=O) groups excluding carboxylic acids is 2. The summed E-state index contributed by atoms with van der Waals surface area (Å²) in [6.07, 6.45) is 1.55. The smallest absolute Gasteiger partial charge is 0.251 e. The maximum atomic E-state index is 12.6. The van der Waals surface area contributed by atoms with Crippen LogP contribution in [0.4, 0.5) is 5.69 Å². The molecule has 32 heavy (non-hydrogen) atoms. The first-order chi connectivity index (χ1) is 15.5. The third kappa shape index (κ3) is 5.53. The molecular formula is C25H23ClN4O2. The topological polar surface area (TPSA) is 86.9 Å². The number of carbonyl (C=O) groups is 2. The zero-order valence-electron chi connectivity index (χ0n) is 17.6. The number of halogens is 1. The highest BCUT2D eigenvalue weighted by Crippen LogP contribution is 2.17. The van der Waals surface area contributed by atoms with Gasteiger partial charge in [-0.05, 0) is 60.0 Å². The molecule has 1 aromatic heterocycles. The molecule has 1 heterocycles. The number of hydrogen-bond donors (Lipinski definition) is 3. The zero-order chi connectivity index (χ0) is 22.5. The van der Waals surface area contributed by atoms with E-state index >= 15 is 0 Å². The Bertz CT molecular complexity index is 1260. The molecule has 0 atom stereocenters. The summed E-state index contributed by atoms with van der Waals surface area (Å²) < 4.78 is 0. The third-order valence-electron chi connectivity index (χ3n) is 5.06. The van der Waals surface area contributed by atoms with E-state index < -0.39 is 0 Å². The molecule has 4 aromatic rings. The van der Waals surface area contributed by atoms with Gasteiger partial charge in [-0.25, -0.2) is 4.98 Å². The molecule has 7 heteroatoms. The molecule has 0 saturated heterocycles. The van der Waals surface area contributed by atoms with E-state index in [2.05, 4.69) is 20.6 Å². The molecule has 3 aromatic carbocycles. The summed E-state index contributed by atoms with van der Waals surface area (Å²) in [5, 5.41) is 6.33. The Morgan fingerprint density at radius 1 is 0.969 bits per heavy atom. The van der Waals surface area contributed by atoms with Crippen molar-refractivity contribution in [3.05, 3.63) is 94.3 Å². The van der Waals surface area contributed by atoms with Crippen molar-refractivity contribution in [2.45, 2.75) is 26.3 Å². The van der Waals surface area contributed by atoms with Gasteiger partial charge in [0.2, 0.25) is 5.91 Å². The van der Waals surface area contributed by atoms with Crippen LogP contribution in [0, 0.1) is 0 Å². The molecule has 0 spiro atoms. The lowest BCUT2D eigenvalue weighted by molar-refractivity contribution is -0.114. The molecule has 0 fully saturated rings. The average molecular weight is 447 g/mol. The van der Waals surface area contributed by atoms with Crippen molar-refractivity contribution < 1.29 is 9.59 Å². The van der Waals surface area contributed by atoms with Crippen LogP contribution in [0.15, 0.2) is 66.7 Å². The van der Waals surface area contributed by atoms with Crippen LogP contribution < -0.4 is 10.6 Å². The molecular weight excluding hydrogens is 424 g/mol. The predicted octanol–water partition coefficient (Wildman–Crippen LogP) is 4.89. The highest BCUT2D eigenvalue weighted by Gasteiger charge is 2.10. The fourth-order valence-corrected chi connectivity index (χ4v) is 3.69. The number of rotatable bonds is 7. The first-order valence-electron chi connectivity index (χ1n) is 10.3. The van der Waals surface area contributed by atoms with Crippen molar-refractivity contribution in [2.75, 3.05) is 5.32 Å². The van der Waals surface area contributed by atoms with Crippen LogP contribution in [-0.4, -0.2) is 21.8 Å². The van der Waals surface area contributed by atoms with Crippen molar-refractivity contribution in [1.29, 1.82) is 0 Å². The summed E-state index contributed by atoms with van der Waals surface area (Å²) in [5.41, 5.74) is 5.11. The largest absolute Gasteiger partial charge is 0.348 e. The van der Waals surface area contributed by atoms with Crippen molar-refractivity contribution in [3.63, 3.8) is 0 Å². The van der Waals surface area contributed by atoms with Gasteiger partial charge in [0, 0.05) is 36.2 Å². The van der Waals surface area contributed by atoms with Gasteiger partial charge in [-0.15, -0.1) is 0 Å². The van der Waals surface area contributed by atoms with Gasteiger partial charge in [0.05, 0.1) is 11.0 Å². The summed E-state index contributed by atoms with van der Waals surface area (Å²) >= 11 is 6.00. The van der Waals surface area contributed by atoms with Gasteiger partial charge < -0.3 is 15.6 Å². The van der Waals surface area contributed by atoms with Crippen LogP contribution in [-0.2, 0) is 24.2 Å². The SMILES string of the molecule is CC(=O)Nc1ccc(CCc2nc3ccc(C(=O)NCc4cccc(Cl)c4)cc3[nH]2)cc1. The van der Waals surface area contributed by atoms with Crippen LogP contribution in [0.1, 0.15) is 34.2 Å². The standard InChI is InChI=1S/C25H23ClN4O2/c1-16(31)28-21-9-5-17(6-10-21)7-12-24-29-22-11-8-19(14-23(22)30-24)25(32)27-15-18-3-2-4-20(26)13-18/h2-6,8-11,13-14H,7,12,15H2,1H3,(H,27,32)(H,28,31)(H,29,30). The molecule has 0 aliphatic carbocycles. The summed E-state index contributed by atoms with van der Waals surface area (Å²) in [6.45, 7) is 1.90. The number of aromatic amines is 1. The lowest BCUT2D eigenvalue weighted by Crippen LogP contribution is -2.22. The van der Waals surface area contributed by atoms with Crippen molar-refractivity contribution in [3.8, 4) is 0 Å². The first-order valence-corrected chi connectivity index (χ1v) is 10.7. The normalized spacial score (nSPS) is 10.8. The van der Waals surface area contributed by atoms with E-state index in [0.29, 0.717) is 17.1 Å². The summed E-state index contributed by atoms with van der Waals surface area (Å²) in [6, 6.07) is 20.6. The van der Waals surface area contributed by atoms with Crippen LogP contribution in [0.2, 0.25) is 5.02 Å². The predicted molar refractivity (Wildman–Crippen MR) is 127 cm³/mol. The molecule has 6 nitrogen and oxygen atoms in total. The molecule has 0 aliphatic rings. The molecule has 0 radical (unpaired) electrons. The first kappa shape index (κ1) is 21.6. The zero-order valence-corrected chi connectivity index (χ0v) is 18.4. The van der Waals surface area contributed by atoms with Gasteiger partial charge in [-0.2, -0.15) is 0 Å². The van der Waals surface area contributed by atoms with E-state index in [9.17, 15) is 9.59 Å². The van der Waals surface area contributed by atoms with Gasteiger partial charge in [0.25, 0.3) is 5.91 Å². The van der Waals surface area contributed by atoms with E-state index in [4.69, 9.17) is 11.6 Å². The number of imidazole rings is 1. The lowest BCUT2D eigenvalue weighted by atomic mass is 10.1. The summed E-state index contributed by atoms with van der Waals surface area (Å²) in [7, 11) is 0. The maximum Gasteiger partial charge on any atom is 0.251 e. The molecule has 3 N–H and O–H groups in total. The fraction of sp³-hybridized carbons (Fsp3) is 0.160. The van der Waals surface area contributed by atoms with E-state index in [-0.39, 0.29) is 11.8 Å². The molecule has 2 amide bonds. The minimum Gasteiger partial charge on any atom is -0.348 e. The van der Waals surface area contributed by atoms with Gasteiger partial charge in [0.1, 0.15) is 5.82 Å². The number of H-pyrrole nitrogens is 1. The quantitative estimate of drug-likeness (QED) is 0.377. The number of benzene rings is 3. The van der Waals surface area contributed by atoms with Crippen LogP contribution in [0.25, 0.3) is 11.0 Å². The Morgan fingerprint density at radius 3 is 2.53 bits per heavy atom. The minimum absolute atomic E-state index is 0.0856. The number of nitrogens with zero attached hydrogens (tertiary/aromatic N) is 1. The van der Waals surface area contributed by atoms with Crippen LogP contribution >= 0.6 is 11.6 Å². The van der Waals surface area contributed by atoms with Gasteiger partial charge in [-0.1, -0.05) is 35.9 Å². The molecule has 0 aliphatic heterocycles. The van der Waals surface area contributed by atoms with Crippen LogP contribution in [0.5, 0.6) is 0 Å². The molecule has 4 rings (SSSR count). The number of aromatic nitrogens is 2. The van der Waals surface area contributed by atoms with E-state index in [1.807, 2.05) is 54.6 Å². The van der Waals surface area contributed by atoms with Crippen LogP contribution in [0.3, 0.4) is 0 Å². The molecule has 0 unspecified atom stereocenters. The maximum absolute atomic E-state index is 12.6. The Hall–Kier alpha value is -3.64. The van der Waals surface area contributed by atoms with Crippen molar-refractivity contribution in [1.82, 2.24) is 15.3 Å². The minimum atomic E-state index is -0.151. The highest BCUT2D eigenvalue weighted by atomic mass is 35.5. The van der Waals surface area contributed by atoms with E-state index in [0.717, 1.165) is 46.5 Å². The Balaban J connectivity index is 1.38. The second-order valence-corrected chi connectivity index (χ2v) is 8.04. The number of nitrogens with one attached hydrogen (secondary N) is 3. The average Bonchev–Trinajstić information content (AvgIpc) is 3.19. The molecule has 0 saturated carbocycles. The fourth-order valence-electron chi connectivity index (χ4n) is 3.47. The lowest BCUT2D eigenvalue weighted by Gasteiger charge is -2.06. The number of aryl methyl sites for hydroxylation is 2. The third-order valence-corrected chi connectivity index (χ3v) is 5.30. The van der Waals surface area contributed by atoms with Gasteiger partial charge in [0.15, 0.2) is 0 Å². The molecule has 0 bridgehead atoms. The van der Waals surface area contributed by atoms with Crippen molar-refractivity contribution in [2.24, 2.45) is 0 Å². The highest BCUT2D eigenvalue weighted by molar-refractivity contribution is 6.30. The number of amides is 2. The Labute approximate surface area is 191 Å². The van der Waals surface area contributed by atoms with Crippen molar-refractivity contribution >= 4 is 40.1 Å². The van der Waals surface area contributed by atoms with E-state index in [1.54, 1.807) is 12.1 Å². The monoisotopic (exact) mass is 446 g/mol. The summed E-state index contributed by atoms with van der Waals surface area (Å²) in [4.78, 5) is 31.6. The molecule has 162 valence electrons. The summed E-state index contributed by atoms with van der Waals surface area (Å²) in [5.74, 6) is 0.627. The second-order valence-electron chi connectivity index (χ2n) is 7.61. The van der Waals surface area contributed by atoms with Gasteiger partial charge >= 0.3 is 0 Å². The Kier molecular flexibility index (Phi) is 6.52. The number of hydrogen-bond acceptors (Lipinski definition) is 3. The van der Waals surface area contributed by atoms with E-state index in [1.165, 1.54) is 6.92 Å². The van der Waals surface area contributed by atoms with Gasteiger partial charge in [-0.3, -0.25) is 9.59 Å². The Morgan fingerprint density at radius 2 is 1.78 bits per heavy atom. The number of anilines is 1. The number of fused-ring (bicyclic) bond motifs is 1.